The van der Waals surface area contributed by atoms with Crippen molar-refractivity contribution in [1.82, 2.24) is 56.2 Å². The van der Waals surface area contributed by atoms with Crippen molar-refractivity contribution in [2.75, 3.05) is 33.1 Å². The number of hydrogen-bond donors (Lipinski definition) is 6. The van der Waals surface area contributed by atoms with Crippen LogP contribution in [0.5, 0.6) is 0 Å². The number of benzene rings is 1. The fourth-order valence-corrected chi connectivity index (χ4v) is 14.3. The molecule has 1 aliphatic heterocycles. The highest BCUT2D eigenvalue weighted by Gasteiger charge is 2.33. The first-order chi connectivity index (χ1) is 40.0. The van der Waals surface area contributed by atoms with Crippen LogP contribution in [-0.2, 0) is 35.3 Å². The highest BCUT2D eigenvalue weighted by molar-refractivity contribution is 7.15. The lowest BCUT2D eigenvalue weighted by atomic mass is 9.90. The summed E-state index contributed by atoms with van der Waals surface area (Å²) in [7, 11) is 4.29. The highest BCUT2D eigenvalue weighted by Crippen LogP contribution is 2.41. The number of hydrogen-bond acceptors (Lipinski definition) is 23. The zero-order valence-electron chi connectivity index (χ0n) is 45.6. The van der Waals surface area contributed by atoms with Crippen LogP contribution in [0.15, 0.2) is 64.0 Å². The van der Waals surface area contributed by atoms with Crippen LogP contribution in [0, 0.1) is 12.8 Å². The zero-order chi connectivity index (χ0) is 58.9. The van der Waals surface area contributed by atoms with E-state index in [1.165, 1.54) is 89.3 Å². The normalized spacial score (nSPS) is 16.4. The van der Waals surface area contributed by atoms with E-state index in [-0.39, 0.29) is 78.9 Å². The number of nitrogens with one attached hydrogen (secondary N) is 5. The summed E-state index contributed by atoms with van der Waals surface area (Å²) < 4.78 is 10.2. The molecule has 8 aromatic rings. The number of rotatable bonds is 14. The molecule has 1 aliphatic rings. The van der Waals surface area contributed by atoms with Crippen LogP contribution in [-0.4, -0.2) is 109 Å². The SMILES string of the molecule is CNC(=O)C[C@@H]1NC(=O)c2csc(n2)-c2ccc(-c3nc(NC(=O)CCCCC(=O)OC)cs3)nc2-c2csc(n2)-c2csc(n2)[C@H]([C@@H](O)c2ccccc2)NC(=O)CNC(=O)c2nc(sc2COC)[C@@H](C(C)C)CC(=O)c2nc1sc2C. The summed E-state index contributed by atoms with van der Waals surface area (Å²) in [6.45, 7) is 5.17. The van der Waals surface area contributed by atoms with Crippen LogP contribution in [0.25, 0.3) is 43.4 Å². The molecule has 0 radical (unpaired) electrons. The van der Waals surface area contributed by atoms with E-state index in [2.05, 4.69) is 31.6 Å². The smallest absolute Gasteiger partial charge is 0.305 e. The quantitative estimate of drug-likeness (QED) is 0.0437. The van der Waals surface area contributed by atoms with Crippen molar-refractivity contribution in [3.63, 3.8) is 0 Å². The van der Waals surface area contributed by atoms with Gasteiger partial charge in [0.2, 0.25) is 17.7 Å². The van der Waals surface area contributed by atoms with Gasteiger partial charge in [-0.2, -0.15) is 0 Å². The number of nitrogens with zero attached hydrogens (tertiary/aromatic N) is 7. The molecule has 0 aliphatic carbocycles. The first kappa shape index (κ1) is 60.2. The van der Waals surface area contributed by atoms with Crippen molar-refractivity contribution in [1.29, 1.82) is 0 Å². The van der Waals surface area contributed by atoms with Gasteiger partial charge in [-0.05, 0) is 43.4 Å². The molecule has 5 amide bonds. The molecule has 28 heteroatoms. The molecule has 4 atom stereocenters. The Hall–Kier alpha value is -7.44. The number of aryl methyl sites for hydroxylation is 1. The van der Waals surface area contributed by atoms with Gasteiger partial charge in [0.05, 0.1) is 48.3 Å². The van der Waals surface area contributed by atoms with Crippen LogP contribution in [0.1, 0.15) is 138 Å². The number of carbonyl (C=O) groups is 7. The number of methoxy groups -OCH3 is 2. The molecule has 83 heavy (non-hydrogen) atoms. The summed E-state index contributed by atoms with van der Waals surface area (Å²) in [5.74, 6) is -3.45. The summed E-state index contributed by atoms with van der Waals surface area (Å²) in [5.41, 5.74) is 2.94. The number of Topliss-reactive ketones (excluding diaryl/α,β-unsaturated/α-hetero) is 1. The summed E-state index contributed by atoms with van der Waals surface area (Å²) in [4.78, 5) is 129. The first-order valence-corrected chi connectivity index (χ1v) is 31.2. The van der Waals surface area contributed by atoms with Gasteiger partial charge in [-0.25, -0.2) is 34.9 Å². The van der Waals surface area contributed by atoms with Gasteiger partial charge in [0, 0.05) is 71.3 Å². The standard InChI is InChI=1S/C55H56N12O10S6/c1-26(2)30-18-36(68)43-27(3)82-54(66-43)32(19-40(70)56-4)59-48(74)34-23-78-50(61-34)29-16-17-31(52-64-38(25-81-52)63-39(69)14-10-11-15-42(72)77-6)58-44(29)33-22-79-53(60-33)35-24-80-55(62-35)46(47(73)28-12-8-7-9-13-28)65-41(71)20-57-49(75)45-37(21-76-5)83-51(30)67-45/h7-9,12-13,16-17,22-26,30,32,46-47,73H,10-11,14-15,18-21H2,1-6H3,(H,56,70)(H,57,75)(H,59,74)(H,63,69)(H,65,71)/t30-,32+,46+,47+/m1/s1. The number of carbonyl (C=O) groups excluding carboxylic acids is 7. The number of fused-ring (bicyclic) bond motifs is 14. The maximum Gasteiger partial charge on any atom is 0.305 e. The Kier molecular flexibility index (Phi) is 19.8. The second-order valence-corrected chi connectivity index (χ2v) is 25.1. The van der Waals surface area contributed by atoms with E-state index in [0.29, 0.717) is 92.4 Å². The number of ketones is 1. The lowest BCUT2D eigenvalue weighted by molar-refractivity contribution is -0.140. The molecule has 0 spiro atoms. The predicted octanol–water partition coefficient (Wildman–Crippen LogP) is 8.87. The van der Waals surface area contributed by atoms with Gasteiger partial charge in [-0.15, -0.1) is 68.0 Å². The number of aliphatic hydroxyl groups excluding tert-OH is 1. The number of aliphatic hydroxyl groups is 1. The van der Waals surface area contributed by atoms with E-state index >= 15 is 0 Å². The van der Waals surface area contributed by atoms with E-state index in [1.54, 1.807) is 70.9 Å². The van der Waals surface area contributed by atoms with Crippen LogP contribution < -0.4 is 26.6 Å². The van der Waals surface area contributed by atoms with Gasteiger partial charge in [0.1, 0.15) is 77.2 Å². The molecule has 0 saturated heterocycles. The molecule has 1 aromatic carbocycles. The molecule has 9 rings (SSSR count). The van der Waals surface area contributed by atoms with Crippen LogP contribution >= 0.6 is 68.0 Å². The Bertz CT molecular complexity index is 3680. The largest absolute Gasteiger partial charge is 0.469 e. The van der Waals surface area contributed by atoms with Gasteiger partial charge in [-0.1, -0.05) is 44.2 Å². The zero-order valence-corrected chi connectivity index (χ0v) is 50.5. The third-order valence-electron chi connectivity index (χ3n) is 13.1. The van der Waals surface area contributed by atoms with Gasteiger partial charge in [0.25, 0.3) is 11.8 Å². The average Bonchev–Trinajstić information content (AvgIpc) is 4.32. The number of esters is 1. The fourth-order valence-electron chi connectivity index (χ4n) is 8.76. The fraction of sp³-hybridized carbons (Fsp3) is 0.345. The second-order valence-electron chi connectivity index (χ2n) is 19.3. The number of aromatic nitrogens is 7. The molecule has 432 valence electrons. The number of ether oxygens (including phenoxy) is 2. The lowest BCUT2D eigenvalue weighted by Gasteiger charge is -2.23. The molecule has 22 nitrogen and oxygen atoms in total. The maximum absolute atomic E-state index is 14.3. The summed E-state index contributed by atoms with van der Waals surface area (Å²) in [6.07, 6.45) is -0.141. The molecule has 0 saturated carbocycles. The minimum Gasteiger partial charge on any atom is -0.469 e. The molecule has 0 fully saturated rings. The second kappa shape index (κ2) is 27.3. The number of thiazole rings is 6. The average molecular weight is 1240 g/mol. The van der Waals surface area contributed by atoms with E-state index in [9.17, 15) is 38.7 Å². The monoisotopic (exact) mass is 1240 g/mol. The minimum absolute atomic E-state index is 0.0303. The number of anilines is 1. The Labute approximate surface area is 500 Å². The molecular weight excluding hydrogens is 1180 g/mol. The van der Waals surface area contributed by atoms with Gasteiger partial charge >= 0.3 is 5.97 Å². The third kappa shape index (κ3) is 14.5. The highest BCUT2D eigenvalue weighted by atomic mass is 32.1. The Morgan fingerprint density at radius 2 is 1.42 bits per heavy atom. The molecule has 6 N–H and O–H groups in total. The molecule has 8 heterocycles. The molecular formula is C55H56N12O10S6. The maximum atomic E-state index is 14.3. The van der Waals surface area contributed by atoms with Crippen LogP contribution in [0.3, 0.4) is 0 Å². The number of unbranched alkanes of at least 4 members (excludes halogenated alkanes) is 1. The Morgan fingerprint density at radius 3 is 2.18 bits per heavy atom. The molecule has 10 bridgehead atoms. The number of pyridine rings is 1. The Balaban J connectivity index is 1.10. The van der Waals surface area contributed by atoms with Crippen molar-refractivity contribution in [2.45, 2.75) is 90.0 Å². The lowest BCUT2D eigenvalue weighted by Crippen LogP contribution is -2.40. The molecule has 7 aromatic heterocycles. The van der Waals surface area contributed by atoms with Gasteiger partial charge < -0.3 is 41.2 Å². The van der Waals surface area contributed by atoms with E-state index < -0.39 is 48.4 Å². The molecule has 0 unspecified atom stereocenters. The number of amides is 5. The third-order valence-corrected chi connectivity index (χ3v) is 18.9. The first-order valence-electron chi connectivity index (χ1n) is 26.0. The van der Waals surface area contributed by atoms with Crippen molar-refractivity contribution >= 4 is 115 Å². The summed E-state index contributed by atoms with van der Waals surface area (Å²) in [6, 6.07) is 10.3. The van der Waals surface area contributed by atoms with Gasteiger partial charge in [0.15, 0.2) is 5.78 Å². The van der Waals surface area contributed by atoms with Gasteiger partial charge in [-0.3, -0.25) is 33.6 Å². The van der Waals surface area contributed by atoms with Crippen molar-refractivity contribution in [3.8, 4) is 43.4 Å². The van der Waals surface area contributed by atoms with Crippen LogP contribution in [0.2, 0.25) is 0 Å². The van der Waals surface area contributed by atoms with E-state index in [1.807, 2.05) is 13.8 Å². The summed E-state index contributed by atoms with van der Waals surface area (Å²) in [5, 5.41) is 35.2. The predicted molar refractivity (Wildman–Crippen MR) is 317 cm³/mol. The van der Waals surface area contributed by atoms with Crippen molar-refractivity contribution in [3.05, 3.63) is 111 Å². The van der Waals surface area contributed by atoms with Crippen molar-refractivity contribution < 1.29 is 48.1 Å². The van der Waals surface area contributed by atoms with Crippen molar-refractivity contribution in [2.24, 2.45) is 5.92 Å². The van der Waals surface area contributed by atoms with E-state index in [4.69, 9.17) is 39.4 Å². The van der Waals surface area contributed by atoms with Crippen LogP contribution in [0.4, 0.5) is 5.82 Å². The topological polar surface area (TPSA) is 309 Å². The summed E-state index contributed by atoms with van der Waals surface area (Å²) >= 11 is 7.33. The minimum atomic E-state index is -1.27. The van der Waals surface area contributed by atoms with E-state index in [0.717, 1.165) is 0 Å². The Morgan fingerprint density at radius 1 is 0.711 bits per heavy atom.